The van der Waals surface area contributed by atoms with Gasteiger partial charge in [-0.2, -0.15) is 5.10 Å². The lowest BCUT2D eigenvalue weighted by Gasteiger charge is -2.32. The Hall–Kier alpha value is -1.17. The van der Waals surface area contributed by atoms with Gasteiger partial charge < -0.3 is 4.74 Å². The highest BCUT2D eigenvalue weighted by Crippen LogP contribution is 2.19. The lowest BCUT2D eigenvalue weighted by Crippen LogP contribution is -2.43. The van der Waals surface area contributed by atoms with E-state index in [0.29, 0.717) is 0 Å². The zero-order chi connectivity index (χ0) is 13.9. The maximum absolute atomic E-state index is 5.87. The fraction of sp³-hybridized carbons (Fsp3) is 0.533. The summed E-state index contributed by atoms with van der Waals surface area (Å²) in [5.74, 6) is 0. The molecule has 3 heterocycles. The molecular formula is C15H21N3OS. The molecule has 1 atom stereocenters. The molecule has 3 rings (SSSR count). The van der Waals surface area contributed by atoms with E-state index in [1.807, 2.05) is 22.2 Å². The molecule has 0 bridgehead atoms. The number of hydrogen-bond donors (Lipinski definition) is 0. The third-order valence-corrected chi connectivity index (χ3v) is 4.62. The Morgan fingerprint density at radius 2 is 2.35 bits per heavy atom. The number of nitrogens with zero attached hydrogens (tertiary/aromatic N) is 3. The van der Waals surface area contributed by atoms with E-state index in [0.717, 1.165) is 32.8 Å². The number of aromatic nitrogens is 2. The number of hydrogen-bond acceptors (Lipinski definition) is 4. The van der Waals surface area contributed by atoms with Crippen LogP contribution in [0, 0.1) is 13.8 Å². The number of morpholine rings is 1. The average molecular weight is 291 g/mol. The maximum atomic E-state index is 5.87. The predicted molar refractivity (Wildman–Crippen MR) is 81.0 cm³/mol. The summed E-state index contributed by atoms with van der Waals surface area (Å²) in [6.45, 7) is 8.95. The molecule has 0 saturated carbocycles. The molecule has 1 unspecified atom stereocenters. The van der Waals surface area contributed by atoms with E-state index in [9.17, 15) is 0 Å². The van der Waals surface area contributed by atoms with Gasteiger partial charge in [0.05, 0.1) is 25.5 Å². The van der Waals surface area contributed by atoms with Crippen LogP contribution in [0.5, 0.6) is 0 Å². The van der Waals surface area contributed by atoms with E-state index >= 15 is 0 Å². The molecule has 0 N–H and O–H groups in total. The van der Waals surface area contributed by atoms with E-state index in [1.165, 1.54) is 16.0 Å². The van der Waals surface area contributed by atoms with Crippen molar-refractivity contribution in [3.05, 3.63) is 39.8 Å². The molecule has 2 aromatic rings. The SMILES string of the molecule is Cc1cnn(CC2CN(Cc3ccsc3C)CCO2)c1. The normalized spacial score (nSPS) is 20.4. The van der Waals surface area contributed by atoms with Gasteiger partial charge in [0.15, 0.2) is 0 Å². The van der Waals surface area contributed by atoms with Gasteiger partial charge in [0, 0.05) is 30.7 Å². The third-order valence-electron chi connectivity index (χ3n) is 3.74. The first kappa shape index (κ1) is 13.8. The van der Waals surface area contributed by atoms with E-state index in [-0.39, 0.29) is 6.10 Å². The quantitative estimate of drug-likeness (QED) is 0.867. The molecule has 1 aliphatic rings. The Bertz CT molecular complexity index is 563. The number of rotatable bonds is 4. The first-order chi connectivity index (χ1) is 9.70. The van der Waals surface area contributed by atoms with Crippen LogP contribution in [0.15, 0.2) is 23.8 Å². The minimum Gasteiger partial charge on any atom is -0.374 e. The van der Waals surface area contributed by atoms with E-state index in [2.05, 4.69) is 41.5 Å². The Labute approximate surface area is 124 Å². The molecule has 0 aromatic carbocycles. The van der Waals surface area contributed by atoms with Crippen LogP contribution in [-0.4, -0.2) is 40.5 Å². The maximum Gasteiger partial charge on any atom is 0.0898 e. The van der Waals surface area contributed by atoms with Crippen LogP contribution in [0.1, 0.15) is 16.0 Å². The molecule has 0 aliphatic carbocycles. The van der Waals surface area contributed by atoms with Crippen molar-refractivity contribution in [1.82, 2.24) is 14.7 Å². The second kappa shape index (κ2) is 6.08. The molecular weight excluding hydrogens is 270 g/mol. The molecule has 108 valence electrons. The minimum absolute atomic E-state index is 0.238. The van der Waals surface area contributed by atoms with Crippen molar-refractivity contribution < 1.29 is 4.74 Å². The van der Waals surface area contributed by atoms with Crippen LogP contribution >= 0.6 is 11.3 Å². The van der Waals surface area contributed by atoms with Gasteiger partial charge in [-0.1, -0.05) is 0 Å². The van der Waals surface area contributed by atoms with Gasteiger partial charge in [0.2, 0.25) is 0 Å². The van der Waals surface area contributed by atoms with Crippen molar-refractivity contribution in [2.75, 3.05) is 19.7 Å². The molecule has 5 heteroatoms. The second-order valence-electron chi connectivity index (χ2n) is 5.47. The van der Waals surface area contributed by atoms with Crippen LogP contribution in [0.25, 0.3) is 0 Å². The summed E-state index contributed by atoms with van der Waals surface area (Å²) in [5.41, 5.74) is 2.65. The fourth-order valence-electron chi connectivity index (χ4n) is 2.63. The van der Waals surface area contributed by atoms with Gasteiger partial charge in [-0.25, -0.2) is 0 Å². The topological polar surface area (TPSA) is 30.3 Å². The molecule has 1 saturated heterocycles. The van der Waals surface area contributed by atoms with Crippen molar-refractivity contribution in [2.45, 2.75) is 33.0 Å². The van der Waals surface area contributed by atoms with Crippen LogP contribution in [0.4, 0.5) is 0 Å². The minimum atomic E-state index is 0.238. The predicted octanol–water partition coefficient (Wildman–Crippen LogP) is 2.46. The van der Waals surface area contributed by atoms with Crippen LogP contribution in [0.3, 0.4) is 0 Å². The summed E-state index contributed by atoms with van der Waals surface area (Å²) in [4.78, 5) is 3.91. The summed E-state index contributed by atoms with van der Waals surface area (Å²) in [5, 5.41) is 6.52. The van der Waals surface area contributed by atoms with Crippen LogP contribution in [-0.2, 0) is 17.8 Å². The number of aryl methyl sites for hydroxylation is 2. The molecule has 1 aliphatic heterocycles. The Morgan fingerprint density at radius 3 is 3.05 bits per heavy atom. The molecule has 0 spiro atoms. The molecule has 20 heavy (non-hydrogen) atoms. The lowest BCUT2D eigenvalue weighted by atomic mass is 10.2. The van der Waals surface area contributed by atoms with Crippen molar-refractivity contribution in [3.63, 3.8) is 0 Å². The van der Waals surface area contributed by atoms with Crippen molar-refractivity contribution in [3.8, 4) is 0 Å². The van der Waals surface area contributed by atoms with Crippen molar-refractivity contribution in [1.29, 1.82) is 0 Å². The van der Waals surface area contributed by atoms with Gasteiger partial charge in [-0.3, -0.25) is 9.58 Å². The van der Waals surface area contributed by atoms with Gasteiger partial charge in [-0.15, -0.1) is 11.3 Å². The summed E-state index contributed by atoms with van der Waals surface area (Å²) in [7, 11) is 0. The van der Waals surface area contributed by atoms with Gasteiger partial charge in [-0.05, 0) is 36.4 Å². The third kappa shape index (κ3) is 3.29. The zero-order valence-electron chi connectivity index (χ0n) is 12.1. The molecule has 1 fully saturated rings. The summed E-state index contributed by atoms with van der Waals surface area (Å²) >= 11 is 1.83. The number of thiophene rings is 1. The van der Waals surface area contributed by atoms with Gasteiger partial charge in [0.1, 0.15) is 0 Å². The number of ether oxygens (including phenoxy) is 1. The first-order valence-electron chi connectivity index (χ1n) is 7.06. The Morgan fingerprint density at radius 1 is 1.45 bits per heavy atom. The molecule has 2 aromatic heterocycles. The molecule has 0 amide bonds. The van der Waals surface area contributed by atoms with Gasteiger partial charge in [0.25, 0.3) is 0 Å². The van der Waals surface area contributed by atoms with Crippen LogP contribution < -0.4 is 0 Å². The fourth-order valence-corrected chi connectivity index (χ4v) is 3.35. The van der Waals surface area contributed by atoms with Crippen molar-refractivity contribution >= 4 is 11.3 Å². The first-order valence-corrected chi connectivity index (χ1v) is 7.94. The standard InChI is InChI=1S/C15H21N3OS/c1-12-7-16-18(8-12)11-15-10-17(4-5-19-15)9-14-3-6-20-13(14)2/h3,6-8,15H,4-5,9-11H2,1-2H3. The zero-order valence-corrected chi connectivity index (χ0v) is 12.9. The van der Waals surface area contributed by atoms with Crippen LogP contribution in [0.2, 0.25) is 0 Å². The smallest absolute Gasteiger partial charge is 0.0898 e. The molecule has 0 radical (unpaired) electrons. The van der Waals surface area contributed by atoms with E-state index < -0.39 is 0 Å². The lowest BCUT2D eigenvalue weighted by molar-refractivity contribution is -0.0402. The highest BCUT2D eigenvalue weighted by atomic mass is 32.1. The summed E-state index contributed by atoms with van der Waals surface area (Å²) in [6.07, 6.45) is 4.21. The second-order valence-corrected chi connectivity index (χ2v) is 6.59. The Kier molecular flexibility index (Phi) is 4.19. The summed E-state index contributed by atoms with van der Waals surface area (Å²) < 4.78 is 7.86. The largest absolute Gasteiger partial charge is 0.374 e. The van der Waals surface area contributed by atoms with E-state index in [4.69, 9.17) is 4.74 Å². The highest BCUT2D eigenvalue weighted by molar-refractivity contribution is 7.10. The summed E-state index contributed by atoms with van der Waals surface area (Å²) in [6, 6.07) is 2.24. The monoisotopic (exact) mass is 291 g/mol. The Balaban J connectivity index is 1.57. The average Bonchev–Trinajstić information content (AvgIpc) is 3.00. The van der Waals surface area contributed by atoms with Gasteiger partial charge >= 0.3 is 0 Å². The van der Waals surface area contributed by atoms with Crippen molar-refractivity contribution in [2.24, 2.45) is 0 Å². The van der Waals surface area contributed by atoms with E-state index in [1.54, 1.807) is 0 Å². The highest BCUT2D eigenvalue weighted by Gasteiger charge is 2.21. The molecule has 4 nitrogen and oxygen atoms in total.